The van der Waals surface area contributed by atoms with Crippen LogP contribution in [0.15, 0.2) is 60.7 Å². The SMILES string of the molecule is CN(C)c1ccc(CN2CC3(Cc4cc5c(cc42)CC2(CN5Cc4ccc(N(C)C)cc4)C(=O)CC(C)(C)CC2=O)C(=O)CC(C)(C)CC3=O)cc1. The summed E-state index contributed by atoms with van der Waals surface area (Å²) in [6, 6.07) is 21.2. The predicted octanol–water partition coefficient (Wildman–Crippen LogP) is 6.83. The van der Waals surface area contributed by atoms with Crippen LogP contribution in [0.5, 0.6) is 0 Å². The fourth-order valence-electron chi connectivity index (χ4n) is 9.24. The Balaban J connectivity index is 1.35. The molecule has 8 heteroatoms. The Morgan fingerprint density at radius 2 is 0.808 bits per heavy atom. The molecule has 0 unspecified atom stereocenters. The number of nitrogens with zero attached hydrogens (tertiary/aromatic N) is 4. The van der Waals surface area contributed by atoms with Gasteiger partial charge in [0.25, 0.3) is 0 Å². The smallest absolute Gasteiger partial charge is 0.149 e. The van der Waals surface area contributed by atoms with Gasteiger partial charge >= 0.3 is 0 Å². The van der Waals surface area contributed by atoms with Crippen LogP contribution in [0.3, 0.4) is 0 Å². The van der Waals surface area contributed by atoms with E-state index in [9.17, 15) is 19.2 Å². The molecule has 2 saturated carbocycles. The number of anilines is 4. The lowest BCUT2D eigenvalue weighted by molar-refractivity contribution is -0.149. The largest absolute Gasteiger partial charge is 0.378 e. The Bertz CT molecular complexity index is 1760. The Morgan fingerprint density at radius 1 is 0.500 bits per heavy atom. The van der Waals surface area contributed by atoms with Crippen LogP contribution >= 0.6 is 0 Å². The van der Waals surface area contributed by atoms with Crippen LogP contribution in [0.1, 0.15) is 75.6 Å². The molecule has 2 aliphatic carbocycles. The van der Waals surface area contributed by atoms with Crippen molar-refractivity contribution in [2.45, 2.75) is 79.3 Å². The topological polar surface area (TPSA) is 81.2 Å². The molecule has 0 amide bonds. The molecule has 2 spiro atoms. The zero-order valence-electron chi connectivity index (χ0n) is 32.3. The summed E-state index contributed by atoms with van der Waals surface area (Å²) in [4.78, 5) is 65.3. The number of Topliss-reactive ketones (excluding diaryl/α,β-unsaturated/α-hetero) is 4. The van der Waals surface area contributed by atoms with Crippen molar-refractivity contribution < 1.29 is 19.2 Å². The van der Waals surface area contributed by atoms with Crippen LogP contribution in [0.4, 0.5) is 22.7 Å². The highest BCUT2D eigenvalue weighted by Crippen LogP contribution is 2.52. The lowest BCUT2D eigenvalue weighted by Gasteiger charge is -2.50. The lowest BCUT2D eigenvalue weighted by Crippen LogP contribution is -2.58. The van der Waals surface area contributed by atoms with Crippen molar-refractivity contribution in [1.29, 1.82) is 0 Å². The molecule has 3 aromatic carbocycles. The fourth-order valence-corrected chi connectivity index (χ4v) is 9.24. The van der Waals surface area contributed by atoms with Crippen molar-refractivity contribution in [1.82, 2.24) is 0 Å². The van der Waals surface area contributed by atoms with E-state index in [0.717, 1.165) is 45.0 Å². The summed E-state index contributed by atoms with van der Waals surface area (Å²) in [6.07, 6.45) is 2.24. The summed E-state index contributed by atoms with van der Waals surface area (Å²) in [6.45, 7) is 9.76. The second-order valence-electron chi connectivity index (χ2n) is 18.2. The molecule has 0 atom stereocenters. The lowest BCUT2D eigenvalue weighted by atomic mass is 9.59. The van der Waals surface area contributed by atoms with Gasteiger partial charge in [0.15, 0.2) is 0 Å². The second kappa shape index (κ2) is 12.6. The minimum atomic E-state index is -1.11. The highest BCUT2D eigenvalue weighted by molar-refractivity contribution is 6.12. The summed E-state index contributed by atoms with van der Waals surface area (Å²) >= 11 is 0. The Hall–Kier alpha value is -4.46. The van der Waals surface area contributed by atoms with Crippen LogP contribution in [-0.2, 0) is 45.1 Å². The van der Waals surface area contributed by atoms with Gasteiger partial charge in [-0.25, -0.2) is 0 Å². The monoisotopic (exact) mass is 702 g/mol. The van der Waals surface area contributed by atoms with Crippen LogP contribution < -0.4 is 19.6 Å². The van der Waals surface area contributed by atoms with Crippen LogP contribution in [0, 0.1) is 21.7 Å². The summed E-state index contributed by atoms with van der Waals surface area (Å²) in [7, 11) is 8.06. The van der Waals surface area contributed by atoms with Gasteiger partial charge in [-0.3, -0.25) is 19.2 Å². The maximum atomic E-state index is 14.2. The highest BCUT2D eigenvalue weighted by Gasteiger charge is 2.57. The van der Waals surface area contributed by atoms with Crippen molar-refractivity contribution in [3.63, 3.8) is 0 Å². The number of carbonyl (C=O) groups is 4. The van der Waals surface area contributed by atoms with E-state index in [1.54, 1.807) is 0 Å². The maximum absolute atomic E-state index is 14.2. The van der Waals surface area contributed by atoms with Crippen molar-refractivity contribution >= 4 is 45.9 Å². The first-order valence-corrected chi connectivity index (χ1v) is 18.7. The number of carbonyl (C=O) groups excluding carboxylic acids is 4. The molecule has 2 fully saturated rings. The molecule has 0 aromatic heterocycles. The van der Waals surface area contributed by atoms with E-state index >= 15 is 0 Å². The third kappa shape index (κ3) is 6.32. The molecule has 0 N–H and O–H groups in total. The van der Waals surface area contributed by atoms with E-state index in [-0.39, 0.29) is 34.0 Å². The molecule has 52 heavy (non-hydrogen) atoms. The molecule has 2 aliphatic heterocycles. The summed E-state index contributed by atoms with van der Waals surface area (Å²) in [5, 5.41) is 0. The molecule has 2 heterocycles. The number of hydrogen-bond donors (Lipinski definition) is 0. The predicted molar refractivity (Wildman–Crippen MR) is 208 cm³/mol. The average molecular weight is 703 g/mol. The van der Waals surface area contributed by atoms with Gasteiger partial charge in [0.1, 0.15) is 34.0 Å². The van der Waals surface area contributed by atoms with Crippen molar-refractivity contribution in [2.24, 2.45) is 21.7 Å². The van der Waals surface area contributed by atoms with Gasteiger partial charge in [-0.05, 0) is 82.3 Å². The highest BCUT2D eigenvalue weighted by atomic mass is 16.2. The number of rotatable bonds is 6. The van der Waals surface area contributed by atoms with E-state index in [2.05, 4.69) is 80.3 Å². The first-order chi connectivity index (χ1) is 24.4. The molecule has 0 bridgehead atoms. The third-order valence-electron chi connectivity index (χ3n) is 12.2. The molecule has 274 valence electrons. The molecule has 4 aliphatic rings. The fraction of sp³-hybridized carbons (Fsp3) is 0.500. The van der Waals surface area contributed by atoms with E-state index < -0.39 is 10.8 Å². The number of ketones is 4. The second-order valence-corrected chi connectivity index (χ2v) is 18.2. The van der Waals surface area contributed by atoms with E-state index in [0.29, 0.717) is 64.7 Å². The van der Waals surface area contributed by atoms with Gasteiger partial charge in [-0.1, -0.05) is 52.0 Å². The maximum Gasteiger partial charge on any atom is 0.149 e. The molecule has 8 nitrogen and oxygen atoms in total. The molecule has 0 radical (unpaired) electrons. The van der Waals surface area contributed by atoms with Crippen molar-refractivity contribution in [2.75, 3.05) is 60.9 Å². The minimum Gasteiger partial charge on any atom is -0.378 e. The number of hydrogen-bond acceptors (Lipinski definition) is 8. The third-order valence-corrected chi connectivity index (χ3v) is 12.2. The molecule has 7 rings (SSSR count). The average Bonchev–Trinajstić information content (AvgIpc) is 3.05. The number of benzene rings is 3. The van der Waals surface area contributed by atoms with Crippen LogP contribution in [0.25, 0.3) is 0 Å². The molecule has 3 aromatic rings. The van der Waals surface area contributed by atoms with Crippen LogP contribution in [-0.4, -0.2) is 64.4 Å². The van der Waals surface area contributed by atoms with E-state index in [1.807, 2.05) is 55.9 Å². The quantitative estimate of drug-likeness (QED) is 0.259. The van der Waals surface area contributed by atoms with Crippen LogP contribution in [0.2, 0.25) is 0 Å². The minimum absolute atomic E-state index is 0.0304. The summed E-state index contributed by atoms with van der Waals surface area (Å²) < 4.78 is 0. The number of fused-ring (bicyclic) bond motifs is 2. The molecular weight excluding hydrogens is 649 g/mol. The normalized spacial score (nSPS) is 21.3. The van der Waals surface area contributed by atoms with E-state index in [1.165, 1.54) is 0 Å². The van der Waals surface area contributed by atoms with Gasteiger partial charge in [0, 0.05) is 103 Å². The molecule has 0 saturated heterocycles. The zero-order chi connectivity index (χ0) is 37.4. The van der Waals surface area contributed by atoms with Gasteiger partial charge in [-0.15, -0.1) is 0 Å². The standard InChI is InChI=1S/C44H54N4O4/c1-41(2)21-37(49)43(38(50)22-41)19-31-17-36-32(18-35(31)47(27-43)25-29-9-13-33(14-10-29)45(5)6)20-44(39(51)23-42(3,4)24-40(44)52)28-48(36)26-30-11-15-34(16-12-30)46(7)8/h9-18H,19-28H2,1-8H3. The first kappa shape index (κ1) is 35.9. The molecular formula is C44H54N4O4. The zero-order valence-corrected chi connectivity index (χ0v) is 32.3. The Labute approximate surface area is 309 Å². The van der Waals surface area contributed by atoms with Gasteiger partial charge < -0.3 is 19.6 Å². The summed E-state index contributed by atoms with van der Waals surface area (Å²) in [5.41, 5.74) is 5.35. The first-order valence-electron chi connectivity index (χ1n) is 18.7. The summed E-state index contributed by atoms with van der Waals surface area (Å²) in [5.74, 6) is 0.122. The Morgan fingerprint density at radius 3 is 1.10 bits per heavy atom. The Kier molecular flexibility index (Phi) is 8.70. The van der Waals surface area contributed by atoms with Gasteiger partial charge in [-0.2, -0.15) is 0 Å². The van der Waals surface area contributed by atoms with Crippen molar-refractivity contribution in [3.8, 4) is 0 Å². The van der Waals surface area contributed by atoms with Crippen molar-refractivity contribution in [3.05, 3.63) is 82.9 Å². The van der Waals surface area contributed by atoms with Gasteiger partial charge in [0.05, 0.1) is 0 Å². The van der Waals surface area contributed by atoms with Gasteiger partial charge in [0.2, 0.25) is 0 Å². The van der Waals surface area contributed by atoms with E-state index in [4.69, 9.17) is 0 Å².